The van der Waals surface area contributed by atoms with Gasteiger partial charge in [0.25, 0.3) is 0 Å². The second-order valence-electron chi connectivity index (χ2n) is 6.86. The van der Waals surface area contributed by atoms with Gasteiger partial charge in [-0.3, -0.25) is 9.69 Å². The molecular formula is C22H27FN2O2. The minimum absolute atomic E-state index is 0.0370. The highest BCUT2D eigenvalue weighted by Crippen LogP contribution is 2.32. The highest BCUT2D eigenvalue weighted by molar-refractivity contribution is 5.78. The molecule has 0 spiro atoms. The van der Waals surface area contributed by atoms with E-state index < -0.39 is 0 Å². The van der Waals surface area contributed by atoms with E-state index in [1.165, 1.54) is 17.7 Å². The Hall–Kier alpha value is -2.40. The van der Waals surface area contributed by atoms with Gasteiger partial charge in [0.05, 0.1) is 13.2 Å². The topological polar surface area (TPSA) is 41.6 Å². The van der Waals surface area contributed by atoms with Crippen LogP contribution in [-0.2, 0) is 11.2 Å². The molecule has 2 aromatic carbocycles. The van der Waals surface area contributed by atoms with Crippen molar-refractivity contribution in [2.75, 3.05) is 26.2 Å². The number of nitrogens with one attached hydrogen (secondary N) is 1. The number of likely N-dealkylation sites (tertiary alicyclic amines) is 1. The quantitative estimate of drug-likeness (QED) is 0.770. The van der Waals surface area contributed by atoms with Crippen molar-refractivity contribution in [1.82, 2.24) is 10.2 Å². The summed E-state index contributed by atoms with van der Waals surface area (Å²) < 4.78 is 18.4. The van der Waals surface area contributed by atoms with Gasteiger partial charge in [-0.05, 0) is 68.1 Å². The fraction of sp³-hybridized carbons (Fsp3) is 0.409. The zero-order valence-corrected chi connectivity index (χ0v) is 15.8. The Bertz CT molecular complexity index is 731. The van der Waals surface area contributed by atoms with E-state index in [0.717, 1.165) is 30.7 Å². The Morgan fingerprint density at radius 3 is 2.63 bits per heavy atom. The second kappa shape index (κ2) is 9.51. The lowest BCUT2D eigenvalue weighted by atomic mass is 10.0. The summed E-state index contributed by atoms with van der Waals surface area (Å²) in [5.74, 6) is 0.677. The van der Waals surface area contributed by atoms with Crippen molar-refractivity contribution in [3.63, 3.8) is 0 Å². The van der Waals surface area contributed by atoms with Gasteiger partial charge in [0, 0.05) is 12.6 Å². The first-order valence-electron chi connectivity index (χ1n) is 9.63. The smallest absolute Gasteiger partial charge is 0.234 e. The lowest BCUT2D eigenvalue weighted by Crippen LogP contribution is -2.37. The number of hydrogen-bond donors (Lipinski definition) is 1. The maximum atomic E-state index is 12.9. The fourth-order valence-electron chi connectivity index (χ4n) is 3.58. The number of benzene rings is 2. The van der Waals surface area contributed by atoms with Crippen molar-refractivity contribution < 1.29 is 13.9 Å². The van der Waals surface area contributed by atoms with Crippen LogP contribution in [0.5, 0.6) is 5.75 Å². The summed E-state index contributed by atoms with van der Waals surface area (Å²) in [4.78, 5) is 14.6. The lowest BCUT2D eigenvalue weighted by molar-refractivity contribution is -0.122. The van der Waals surface area contributed by atoms with Crippen molar-refractivity contribution >= 4 is 5.91 Å². The number of amides is 1. The van der Waals surface area contributed by atoms with Crippen LogP contribution >= 0.6 is 0 Å². The van der Waals surface area contributed by atoms with Gasteiger partial charge in [0.1, 0.15) is 11.6 Å². The van der Waals surface area contributed by atoms with Gasteiger partial charge < -0.3 is 10.1 Å². The molecule has 27 heavy (non-hydrogen) atoms. The molecule has 1 N–H and O–H groups in total. The molecule has 0 aromatic heterocycles. The van der Waals surface area contributed by atoms with Crippen molar-refractivity contribution in [1.29, 1.82) is 0 Å². The summed E-state index contributed by atoms with van der Waals surface area (Å²) >= 11 is 0. The molecule has 0 aliphatic carbocycles. The first kappa shape index (κ1) is 19.4. The zero-order valence-electron chi connectivity index (χ0n) is 15.8. The monoisotopic (exact) mass is 370 g/mol. The molecule has 1 heterocycles. The lowest BCUT2D eigenvalue weighted by Gasteiger charge is -2.24. The van der Waals surface area contributed by atoms with Crippen molar-refractivity contribution in [2.45, 2.75) is 32.2 Å². The van der Waals surface area contributed by atoms with E-state index in [1.54, 1.807) is 12.1 Å². The number of hydrogen-bond acceptors (Lipinski definition) is 3. The molecule has 3 rings (SSSR count). The minimum atomic E-state index is -0.239. The fourth-order valence-corrected chi connectivity index (χ4v) is 3.58. The maximum absolute atomic E-state index is 12.9. The molecule has 1 atom stereocenters. The average Bonchev–Trinajstić information content (AvgIpc) is 3.12. The van der Waals surface area contributed by atoms with Crippen LogP contribution in [0.15, 0.2) is 48.5 Å². The van der Waals surface area contributed by atoms with Gasteiger partial charge in [-0.2, -0.15) is 0 Å². The SMILES string of the molecule is CCOc1ccc(C2CCCN2CC(=O)NCCc2ccc(F)cc2)cc1. The van der Waals surface area contributed by atoms with Crippen LogP contribution in [0.3, 0.4) is 0 Å². The van der Waals surface area contributed by atoms with E-state index in [1.807, 2.05) is 19.1 Å². The predicted molar refractivity (Wildman–Crippen MR) is 104 cm³/mol. The molecule has 5 heteroatoms. The van der Waals surface area contributed by atoms with E-state index in [2.05, 4.69) is 22.3 Å². The van der Waals surface area contributed by atoms with E-state index in [-0.39, 0.29) is 17.8 Å². The summed E-state index contributed by atoms with van der Waals surface area (Å²) in [6, 6.07) is 14.9. The van der Waals surface area contributed by atoms with Gasteiger partial charge in [0.2, 0.25) is 5.91 Å². The van der Waals surface area contributed by atoms with Crippen LogP contribution < -0.4 is 10.1 Å². The third-order valence-electron chi connectivity index (χ3n) is 4.94. The summed E-state index contributed by atoms with van der Waals surface area (Å²) in [6.45, 7) is 4.53. The van der Waals surface area contributed by atoms with Crippen LogP contribution in [0.25, 0.3) is 0 Å². The minimum Gasteiger partial charge on any atom is -0.494 e. The normalized spacial score (nSPS) is 17.0. The molecule has 1 amide bonds. The number of rotatable bonds is 8. The number of ether oxygens (including phenoxy) is 1. The molecule has 1 saturated heterocycles. The van der Waals surface area contributed by atoms with E-state index in [9.17, 15) is 9.18 Å². The van der Waals surface area contributed by atoms with Gasteiger partial charge in [-0.1, -0.05) is 24.3 Å². The molecule has 144 valence electrons. The second-order valence-corrected chi connectivity index (χ2v) is 6.86. The Morgan fingerprint density at radius 2 is 1.93 bits per heavy atom. The van der Waals surface area contributed by atoms with Crippen LogP contribution in [0.4, 0.5) is 4.39 Å². The first-order chi connectivity index (χ1) is 13.2. The molecule has 4 nitrogen and oxygen atoms in total. The van der Waals surface area contributed by atoms with Gasteiger partial charge in [0.15, 0.2) is 0 Å². The van der Waals surface area contributed by atoms with E-state index in [0.29, 0.717) is 26.1 Å². The predicted octanol–water partition coefficient (Wildman–Crippen LogP) is 3.72. The largest absolute Gasteiger partial charge is 0.494 e. The van der Waals surface area contributed by atoms with Crippen molar-refractivity contribution in [3.05, 3.63) is 65.5 Å². The molecule has 0 saturated carbocycles. The maximum Gasteiger partial charge on any atom is 0.234 e. The number of halogens is 1. The van der Waals surface area contributed by atoms with Crippen molar-refractivity contribution in [3.8, 4) is 5.75 Å². The summed E-state index contributed by atoms with van der Waals surface area (Å²) in [5, 5.41) is 2.98. The number of carbonyl (C=O) groups excluding carboxylic acids is 1. The Morgan fingerprint density at radius 1 is 1.19 bits per heavy atom. The summed E-state index contributed by atoms with van der Waals surface area (Å²) in [6.07, 6.45) is 2.87. The first-order valence-corrected chi connectivity index (χ1v) is 9.63. The standard InChI is InChI=1S/C22H27FN2O2/c1-2-27-20-11-7-18(8-12-20)21-4-3-15-25(21)16-22(26)24-14-13-17-5-9-19(23)10-6-17/h5-12,21H,2-4,13-16H2,1H3,(H,24,26). The van der Waals surface area contributed by atoms with E-state index >= 15 is 0 Å². The van der Waals surface area contributed by atoms with Gasteiger partial charge >= 0.3 is 0 Å². The number of nitrogens with zero attached hydrogens (tertiary/aromatic N) is 1. The molecule has 1 aliphatic heterocycles. The molecule has 2 aromatic rings. The summed E-state index contributed by atoms with van der Waals surface area (Å²) in [5.41, 5.74) is 2.25. The highest BCUT2D eigenvalue weighted by atomic mass is 19.1. The highest BCUT2D eigenvalue weighted by Gasteiger charge is 2.27. The van der Waals surface area contributed by atoms with Crippen molar-refractivity contribution in [2.24, 2.45) is 0 Å². The van der Waals surface area contributed by atoms with Gasteiger partial charge in [-0.25, -0.2) is 4.39 Å². The average molecular weight is 370 g/mol. The molecule has 1 aliphatic rings. The Labute approximate surface area is 160 Å². The van der Waals surface area contributed by atoms with Crippen LogP contribution in [0.1, 0.15) is 36.9 Å². The third-order valence-corrected chi connectivity index (χ3v) is 4.94. The zero-order chi connectivity index (χ0) is 19.1. The Kier molecular flexibility index (Phi) is 6.82. The van der Waals surface area contributed by atoms with Crippen LogP contribution in [0, 0.1) is 5.82 Å². The molecule has 0 radical (unpaired) electrons. The number of carbonyl (C=O) groups is 1. The summed E-state index contributed by atoms with van der Waals surface area (Å²) in [7, 11) is 0. The Balaban J connectivity index is 1.48. The molecular weight excluding hydrogens is 343 g/mol. The van der Waals surface area contributed by atoms with Gasteiger partial charge in [-0.15, -0.1) is 0 Å². The molecule has 1 fully saturated rings. The molecule has 0 bridgehead atoms. The third kappa shape index (κ3) is 5.54. The van der Waals surface area contributed by atoms with Crippen LogP contribution in [0.2, 0.25) is 0 Å². The molecule has 1 unspecified atom stereocenters. The van der Waals surface area contributed by atoms with Crippen LogP contribution in [-0.4, -0.2) is 37.0 Å². The van der Waals surface area contributed by atoms with E-state index in [4.69, 9.17) is 4.74 Å².